The van der Waals surface area contributed by atoms with E-state index in [0.717, 1.165) is 36.0 Å². The number of nitrogens with zero attached hydrogens (tertiary/aromatic N) is 1. The number of halogens is 1. The zero-order valence-corrected chi connectivity index (χ0v) is 13.0. The lowest BCUT2D eigenvalue weighted by molar-refractivity contribution is 0.0696. The Hall–Kier alpha value is -0.910. The Morgan fingerprint density at radius 3 is 2.85 bits per heavy atom. The van der Waals surface area contributed by atoms with Gasteiger partial charge in [0, 0.05) is 23.7 Å². The summed E-state index contributed by atoms with van der Waals surface area (Å²) in [5.74, 6) is -0.909. The van der Waals surface area contributed by atoms with Crippen LogP contribution in [0.4, 0.5) is 0 Å². The third-order valence-corrected chi connectivity index (χ3v) is 4.62. The number of hydrogen-bond acceptors (Lipinski definition) is 3. The average Bonchev–Trinajstić information content (AvgIpc) is 2.43. The highest BCUT2D eigenvalue weighted by molar-refractivity contribution is 9.10. The molecule has 5 heteroatoms. The van der Waals surface area contributed by atoms with Crippen molar-refractivity contribution in [2.24, 2.45) is 0 Å². The van der Waals surface area contributed by atoms with E-state index >= 15 is 0 Å². The maximum atomic E-state index is 10.9. The van der Waals surface area contributed by atoms with Crippen molar-refractivity contribution in [1.82, 2.24) is 4.90 Å². The molecular weight excluding hydrogens is 322 g/mol. The molecule has 2 rings (SSSR count). The van der Waals surface area contributed by atoms with Gasteiger partial charge in [0.2, 0.25) is 0 Å². The molecule has 110 valence electrons. The molecule has 4 nitrogen and oxygen atoms in total. The van der Waals surface area contributed by atoms with Crippen LogP contribution in [0.2, 0.25) is 0 Å². The molecule has 0 saturated carbocycles. The van der Waals surface area contributed by atoms with Gasteiger partial charge in [0.15, 0.2) is 0 Å². The Labute approximate surface area is 127 Å². The van der Waals surface area contributed by atoms with Crippen molar-refractivity contribution in [1.29, 1.82) is 0 Å². The molecule has 1 aliphatic heterocycles. The van der Waals surface area contributed by atoms with Gasteiger partial charge in [0.1, 0.15) is 0 Å². The number of aliphatic hydroxyl groups excluding tert-OH is 1. The summed E-state index contributed by atoms with van der Waals surface area (Å²) in [4.78, 5) is 13.3. The van der Waals surface area contributed by atoms with Crippen molar-refractivity contribution in [2.75, 3.05) is 13.2 Å². The quantitative estimate of drug-likeness (QED) is 0.864. The molecule has 1 aromatic rings. The zero-order chi connectivity index (χ0) is 14.5. The van der Waals surface area contributed by atoms with Crippen LogP contribution in [0.25, 0.3) is 0 Å². The Kier molecular flexibility index (Phi) is 5.57. The number of rotatable bonds is 5. The van der Waals surface area contributed by atoms with Crippen molar-refractivity contribution in [2.45, 2.75) is 38.3 Å². The predicted molar refractivity (Wildman–Crippen MR) is 80.9 cm³/mol. The number of hydrogen-bond donors (Lipinski definition) is 2. The van der Waals surface area contributed by atoms with Crippen molar-refractivity contribution in [3.05, 3.63) is 33.8 Å². The molecule has 1 saturated heterocycles. The van der Waals surface area contributed by atoms with Gasteiger partial charge in [0.25, 0.3) is 0 Å². The second kappa shape index (κ2) is 7.20. The maximum absolute atomic E-state index is 10.9. The first-order valence-electron chi connectivity index (χ1n) is 6.98. The minimum Gasteiger partial charge on any atom is -0.478 e. The molecule has 1 heterocycles. The van der Waals surface area contributed by atoms with E-state index in [0.29, 0.717) is 11.6 Å². The molecule has 0 radical (unpaired) electrons. The van der Waals surface area contributed by atoms with Crippen LogP contribution in [0, 0.1) is 0 Å². The first-order chi connectivity index (χ1) is 9.61. The summed E-state index contributed by atoms with van der Waals surface area (Å²) in [5, 5.41) is 18.1. The number of aromatic carboxylic acids is 1. The molecule has 2 N–H and O–H groups in total. The third-order valence-electron chi connectivity index (χ3n) is 3.88. The van der Waals surface area contributed by atoms with Gasteiger partial charge < -0.3 is 10.2 Å². The molecule has 20 heavy (non-hydrogen) atoms. The first kappa shape index (κ1) is 15.5. The fourth-order valence-electron chi connectivity index (χ4n) is 2.77. The summed E-state index contributed by atoms with van der Waals surface area (Å²) in [6, 6.07) is 5.61. The van der Waals surface area contributed by atoms with Crippen molar-refractivity contribution >= 4 is 21.9 Å². The van der Waals surface area contributed by atoms with Gasteiger partial charge in [0.05, 0.1) is 5.56 Å². The summed E-state index contributed by atoms with van der Waals surface area (Å²) >= 11 is 3.46. The molecule has 1 unspecified atom stereocenters. The van der Waals surface area contributed by atoms with E-state index in [9.17, 15) is 4.79 Å². The van der Waals surface area contributed by atoms with Crippen LogP contribution >= 0.6 is 15.9 Å². The first-order valence-corrected chi connectivity index (χ1v) is 7.77. The topological polar surface area (TPSA) is 60.8 Å². The number of carboxylic acids is 1. The second-order valence-corrected chi connectivity index (χ2v) is 6.10. The number of aliphatic hydroxyl groups is 1. The van der Waals surface area contributed by atoms with Crippen LogP contribution in [0.5, 0.6) is 0 Å². The largest absolute Gasteiger partial charge is 0.478 e. The van der Waals surface area contributed by atoms with Gasteiger partial charge in [-0.05, 0) is 43.5 Å². The molecule has 1 aromatic carbocycles. The minimum absolute atomic E-state index is 0.223. The lowest BCUT2D eigenvalue weighted by Gasteiger charge is -2.35. The Balaban J connectivity index is 2.09. The van der Waals surface area contributed by atoms with Crippen LogP contribution in [-0.4, -0.2) is 40.3 Å². The van der Waals surface area contributed by atoms with E-state index in [1.807, 2.05) is 6.07 Å². The summed E-state index contributed by atoms with van der Waals surface area (Å²) in [7, 11) is 0. The Morgan fingerprint density at radius 2 is 2.20 bits per heavy atom. The third kappa shape index (κ3) is 3.81. The lowest BCUT2D eigenvalue weighted by atomic mass is 9.98. The van der Waals surface area contributed by atoms with Gasteiger partial charge in [-0.3, -0.25) is 4.90 Å². The summed E-state index contributed by atoms with van der Waals surface area (Å²) in [6.07, 6.45) is 4.35. The number of carbonyl (C=O) groups is 1. The van der Waals surface area contributed by atoms with Gasteiger partial charge in [-0.2, -0.15) is 0 Å². The number of carboxylic acid groups (broad SMARTS) is 1. The minimum atomic E-state index is -0.909. The van der Waals surface area contributed by atoms with Gasteiger partial charge in [-0.25, -0.2) is 4.79 Å². The van der Waals surface area contributed by atoms with Crippen molar-refractivity contribution in [3.63, 3.8) is 0 Å². The van der Waals surface area contributed by atoms with Crippen LogP contribution in [0.1, 0.15) is 41.6 Å². The van der Waals surface area contributed by atoms with Crippen LogP contribution in [0.15, 0.2) is 22.7 Å². The molecule has 1 atom stereocenters. The SMILES string of the molecule is O=C(O)c1ccc(CN2CCCCC2CCO)c(Br)c1. The Bertz CT molecular complexity index is 476. The fourth-order valence-corrected chi connectivity index (χ4v) is 3.28. The van der Waals surface area contributed by atoms with Gasteiger partial charge in [-0.15, -0.1) is 0 Å². The molecular formula is C15H20BrNO3. The van der Waals surface area contributed by atoms with Crippen LogP contribution in [0.3, 0.4) is 0 Å². The van der Waals surface area contributed by atoms with E-state index in [2.05, 4.69) is 20.8 Å². The standard InChI is InChI=1S/C15H20BrNO3/c16-14-9-11(15(19)20)4-5-12(14)10-17-7-2-1-3-13(17)6-8-18/h4-5,9,13,18H,1-3,6-8,10H2,(H,19,20). The van der Waals surface area contributed by atoms with Gasteiger partial charge >= 0.3 is 5.97 Å². The number of likely N-dealkylation sites (tertiary alicyclic amines) is 1. The molecule has 0 aliphatic carbocycles. The number of benzene rings is 1. The average molecular weight is 342 g/mol. The van der Waals surface area contributed by atoms with Gasteiger partial charge in [-0.1, -0.05) is 28.4 Å². The monoisotopic (exact) mass is 341 g/mol. The van der Waals surface area contributed by atoms with Crippen LogP contribution in [-0.2, 0) is 6.54 Å². The molecule has 0 aromatic heterocycles. The van der Waals surface area contributed by atoms with E-state index in [4.69, 9.17) is 10.2 Å². The molecule has 1 fully saturated rings. The summed E-state index contributed by atoms with van der Waals surface area (Å²) < 4.78 is 0.839. The van der Waals surface area contributed by atoms with E-state index in [1.54, 1.807) is 12.1 Å². The fraction of sp³-hybridized carbons (Fsp3) is 0.533. The maximum Gasteiger partial charge on any atom is 0.335 e. The summed E-state index contributed by atoms with van der Waals surface area (Å²) in [5.41, 5.74) is 1.39. The molecule has 1 aliphatic rings. The Morgan fingerprint density at radius 1 is 1.40 bits per heavy atom. The smallest absolute Gasteiger partial charge is 0.335 e. The highest BCUT2D eigenvalue weighted by Crippen LogP contribution is 2.25. The lowest BCUT2D eigenvalue weighted by Crippen LogP contribution is -2.39. The summed E-state index contributed by atoms with van der Waals surface area (Å²) in [6.45, 7) is 2.06. The van der Waals surface area contributed by atoms with Crippen LogP contribution < -0.4 is 0 Å². The normalized spacial score (nSPS) is 20.0. The zero-order valence-electron chi connectivity index (χ0n) is 11.4. The highest BCUT2D eigenvalue weighted by atomic mass is 79.9. The van der Waals surface area contributed by atoms with E-state index in [-0.39, 0.29) is 6.61 Å². The van der Waals surface area contributed by atoms with E-state index in [1.165, 1.54) is 12.8 Å². The van der Waals surface area contributed by atoms with E-state index < -0.39 is 5.97 Å². The van der Waals surface area contributed by atoms with Crippen molar-refractivity contribution < 1.29 is 15.0 Å². The molecule has 0 spiro atoms. The highest BCUT2D eigenvalue weighted by Gasteiger charge is 2.22. The molecule has 0 amide bonds. The predicted octanol–water partition coefficient (Wildman–Crippen LogP) is 2.88. The van der Waals surface area contributed by atoms with Crippen molar-refractivity contribution in [3.8, 4) is 0 Å². The number of piperidine rings is 1. The second-order valence-electron chi connectivity index (χ2n) is 5.24. The molecule has 0 bridgehead atoms.